The lowest BCUT2D eigenvalue weighted by atomic mass is 10.0. The van der Waals surface area contributed by atoms with Gasteiger partial charge in [0.05, 0.1) is 6.54 Å². The van der Waals surface area contributed by atoms with E-state index in [1.165, 1.54) is 5.56 Å². The Morgan fingerprint density at radius 3 is 3.12 bits per heavy atom. The van der Waals surface area contributed by atoms with E-state index < -0.39 is 0 Å². The normalized spacial score (nSPS) is 21.2. The fraction of sp³-hybridized carbons (Fsp3) is 0.417. The third kappa shape index (κ3) is 2.54. The minimum atomic E-state index is 0.151. The van der Waals surface area contributed by atoms with Gasteiger partial charge in [0.15, 0.2) is 0 Å². The molecule has 0 saturated carbocycles. The Morgan fingerprint density at radius 1 is 1.56 bits per heavy atom. The number of nitrogens with zero attached hydrogens (tertiary/aromatic N) is 1. The average molecular weight is 239 g/mol. The Hall–Kier alpha value is -1.06. The topological polar surface area (TPSA) is 32.3 Å². The molecule has 2 rings (SSSR count). The molecule has 3 nitrogen and oxygen atoms in total. The van der Waals surface area contributed by atoms with Crippen molar-refractivity contribution in [3.05, 3.63) is 34.9 Å². The van der Waals surface area contributed by atoms with Gasteiger partial charge in [0.2, 0.25) is 5.91 Å². The minimum Gasteiger partial charge on any atom is -0.340 e. The van der Waals surface area contributed by atoms with Crippen molar-refractivity contribution in [3.8, 4) is 0 Å². The van der Waals surface area contributed by atoms with Crippen LogP contribution in [0.3, 0.4) is 0 Å². The summed E-state index contributed by atoms with van der Waals surface area (Å²) in [6.45, 7) is 1.29. The van der Waals surface area contributed by atoms with Crippen LogP contribution in [-0.4, -0.2) is 37.0 Å². The summed E-state index contributed by atoms with van der Waals surface area (Å²) >= 11 is 5.93. The highest BCUT2D eigenvalue weighted by molar-refractivity contribution is 6.30. The number of carbonyl (C=O) groups excluding carboxylic acids is 1. The molecule has 0 aromatic heterocycles. The molecule has 1 aromatic carbocycles. The number of hydrogen-bond donors (Lipinski definition) is 1. The summed E-state index contributed by atoms with van der Waals surface area (Å²) in [6, 6.07) is 8.02. The van der Waals surface area contributed by atoms with Crippen molar-refractivity contribution >= 4 is 17.5 Å². The zero-order valence-corrected chi connectivity index (χ0v) is 10.00. The maximum Gasteiger partial charge on any atom is 0.236 e. The fourth-order valence-corrected chi connectivity index (χ4v) is 2.17. The first-order valence-corrected chi connectivity index (χ1v) is 5.75. The molecule has 1 saturated heterocycles. The van der Waals surface area contributed by atoms with Crippen molar-refractivity contribution in [1.82, 2.24) is 10.2 Å². The molecule has 1 fully saturated rings. The zero-order chi connectivity index (χ0) is 11.5. The second-order valence-corrected chi connectivity index (χ2v) is 4.56. The van der Waals surface area contributed by atoms with Crippen LogP contribution >= 0.6 is 11.6 Å². The highest BCUT2D eigenvalue weighted by atomic mass is 35.5. The summed E-state index contributed by atoms with van der Waals surface area (Å²) in [7, 11) is 1.86. The first-order chi connectivity index (χ1) is 7.66. The van der Waals surface area contributed by atoms with Gasteiger partial charge in [-0.05, 0) is 24.1 Å². The number of nitrogens with one attached hydrogen (secondary N) is 1. The minimum absolute atomic E-state index is 0.151. The van der Waals surface area contributed by atoms with Crippen LogP contribution in [0, 0.1) is 0 Å². The van der Waals surface area contributed by atoms with Crippen molar-refractivity contribution in [1.29, 1.82) is 0 Å². The Morgan fingerprint density at radius 2 is 2.38 bits per heavy atom. The number of amides is 1. The van der Waals surface area contributed by atoms with Gasteiger partial charge in [-0.25, -0.2) is 0 Å². The molecular formula is C12H15ClN2O. The standard InChI is InChI=1S/C12H15ClN2O/c1-15-11(7-14-8-12(15)16)6-9-3-2-4-10(13)5-9/h2-5,11,14H,6-8H2,1H3. The highest BCUT2D eigenvalue weighted by Gasteiger charge is 2.24. The molecule has 1 heterocycles. The molecule has 86 valence electrons. The monoisotopic (exact) mass is 238 g/mol. The SMILES string of the molecule is CN1C(=O)CNCC1Cc1cccc(Cl)c1. The van der Waals surface area contributed by atoms with Gasteiger partial charge >= 0.3 is 0 Å². The Kier molecular flexibility index (Phi) is 3.46. The smallest absolute Gasteiger partial charge is 0.236 e. The van der Waals surface area contributed by atoms with Gasteiger partial charge in [-0.15, -0.1) is 0 Å². The van der Waals surface area contributed by atoms with E-state index >= 15 is 0 Å². The molecule has 0 bridgehead atoms. The van der Waals surface area contributed by atoms with Gasteiger partial charge in [0, 0.05) is 24.7 Å². The quantitative estimate of drug-likeness (QED) is 0.843. The first kappa shape index (κ1) is 11.4. The van der Waals surface area contributed by atoms with E-state index in [1.807, 2.05) is 36.2 Å². The molecule has 0 radical (unpaired) electrons. The average Bonchev–Trinajstić information content (AvgIpc) is 2.25. The molecule has 1 amide bonds. The van der Waals surface area contributed by atoms with Crippen LogP contribution in [0.1, 0.15) is 5.56 Å². The summed E-state index contributed by atoms with van der Waals surface area (Å²) in [6.07, 6.45) is 0.843. The fourth-order valence-electron chi connectivity index (χ4n) is 1.96. The number of benzene rings is 1. The van der Waals surface area contributed by atoms with Gasteiger partial charge in [0.1, 0.15) is 0 Å². The number of likely N-dealkylation sites (N-methyl/N-ethyl adjacent to an activating group) is 1. The number of rotatable bonds is 2. The molecule has 1 aromatic rings. The summed E-state index contributed by atoms with van der Waals surface area (Å²) < 4.78 is 0. The second-order valence-electron chi connectivity index (χ2n) is 4.12. The van der Waals surface area contributed by atoms with Crippen molar-refractivity contribution in [2.75, 3.05) is 20.1 Å². The first-order valence-electron chi connectivity index (χ1n) is 5.37. The van der Waals surface area contributed by atoms with E-state index in [4.69, 9.17) is 11.6 Å². The van der Waals surface area contributed by atoms with Crippen LogP contribution < -0.4 is 5.32 Å². The van der Waals surface area contributed by atoms with Gasteiger partial charge in [-0.2, -0.15) is 0 Å². The molecular weight excluding hydrogens is 224 g/mol. The van der Waals surface area contributed by atoms with E-state index in [2.05, 4.69) is 5.32 Å². The van der Waals surface area contributed by atoms with E-state index in [0.29, 0.717) is 6.54 Å². The van der Waals surface area contributed by atoms with Crippen LogP contribution in [0.25, 0.3) is 0 Å². The van der Waals surface area contributed by atoms with Crippen LogP contribution in [-0.2, 0) is 11.2 Å². The van der Waals surface area contributed by atoms with E-state index in [1.54, 1.807) is 0 Å². The molecule has 0 spiro atoms. The maximum absolute atomic E-state index is 11.5. The molecule has 1 N–H and O–H groups in total. The lowest BCUT2D eigenvalue weighted by Crippen LogP contribution is -2.53. The van der Waals surface area contributed by atoms with Crippen molar-refractivity contribution in [3.63, 3.8) is 0 Å². The summed E-state index contributed by atoms with van der Waals surface area (Å²) in [5, 5.41) is 3.87. The lowest BCUT2D eigenvalue weighted by molar-refractivity contribution is -0.133. The van der Waals surface area contributed by atoms with Crippen LogP contribution in [0.5, 0.6) is 0 Å². The van der Waals surface area contributed by atoms with Crippen molar-refractivity contribution in [2.24, 2.45) is 0 Å². The van der Waals surface area contributed by atoms with E-state index in [0.717, 1.165) is 18.0 Å². The number of piperazine rings is 1. The molecule has 4 heteroatoms. The predicted octanol–water partition coefficient (Wildman–Crippen LogP) is 1.31. The summed E-state index contributed by atoms with van der Waals surface area (Å²) in [5.41, 5.74) is 1.17. The van der Waals surface area contributed by atoms with E-state index in [-0.39, 0.29) is 11.9 Å². The molecule has 16 heavy (non-hydrogen) atoms. The van der Waals surface area contributed by atoms with Gasteiger partial charge < -0.3 is 10.2 Å². The Labute approximate surface area is 100 Å². The van der Waals surface area contributed by atoms with Crippen LogP contribution in [0.4, 0.5) is 0 Å². The Balaban J connectivity index is 2.06. The lowest BCUT2D eigenvalue weighted by Gasteiger charge is -2.33. The second kappa shape index (κ2) is 4.85. The highest BCUT2D eigenvalue weighted by Crippen LogP contribution is 2.14. The predicted molar refractivity (Wildman–Crippen MR) is 64.6 cm³/mol. The van der Waals surface area contributed by atoms with Crippen molar-refractivity contribution < 1.29 is 4.79 Å². The van der Waals surface area contributed by atoms with Crippen LogP contribution in [0.2, 0.25) is 5.02 Å². The van der Waals surface area contributed by atoms with Gasteiger partial charge in [-0.1, -0.05) is 23.7 Å². The van der Waals surface area contributed by atoms with Crippen LogP contribution in [0.15, 0.2) is 24.3 Å². The van der Waals surface area contributed by atoms with Crippen molar-refractivity contribution in [2.45, 2.75) is 12.5 Å². The maximum atomic E-state index is 11.5. The number of halogens is 1. The van der Waals surface area contributed by atoms with E-state index in [9.17, 15) is 4.79 Å². The number of hydrogen-bond acceptors (Lipinski definition) is 2. The van der Waals surface area contributed by atoms with Gasteiger partial charge in [-0.3, -0.25) is 4.79 Å². The number of carbonyl (C=O) groups is 1. The molecule has 0 aliphatic carbocycles. The Bertz CT molecular complexity index is 394. The molecule has 1 aliphatic heterocycles. The molecule has 1 atom stereocenters. The summed E-state index contributed by atoms with van der Waals surface area (Å²) in [4.78, 5) is 13.3. The zero-order valence-electron chi connectivity index (χ0n) is 9.24. The summed E-state index contributed by atoms with van der Waals surface area (Å²) in [5.74, 6) is 0.151. The third-order valence-electron chi connectivity index (χ3n) is 2.96. The molecule has 1 unspecified atom stereocenters. The largest absolute Gasteiger partial charge is 0.340 e. The molecule has 1 aliphatic rings. The third-order valence-corrected chi connectivity index (χ3v) is 3.19. The van der Waals surface area contributed by atoms with Gasteiger partial charge in [0.25, 0.3) is 0 Å².